The molecular formula is C18H20N6O4. The standard InChI is InChI=1S/C18H20N6O4/c1-11-4-5-12(2)14(6-11)28-9-16(26)22-21-15(25)8-24-10-19-17-13(18(24)27)7-20-23(17)3/h4-7,10H,8-9H2,1-3H3,(H,21,25)(H,22,26). The summed E-state index contributed by atoms with van der Waals surface area (Å²) in [6.07, 6.45) is 2.66. The molecule has 3 rings (SSSR count). The molecule has 10 nitrogen and oxygen atoms in total. The van der Waals surface area contributed by atoms with Crippen molar-refractivity contribution in [1.82, 2.24) is 30.2 Å². The van der Waals surface area contributed by atoms with Crippen molar-refractivity contribution in [2.45, 2.75) is 20.4 Å². The molecule has 2 heterocycles. The number of carbonyl (C=O) groups excluding carboxylic acids is 2. The van der Waals surface area contributed by atoms with Gasteiger partial charge in [-0.15, -0.1) is 0 Å². The van der Waals surface area contributed by atoms with Gasteiger partial charge in [0.2, 0.25) is 0 Å². The monoisotopic (exact) mass is 384 g/mol. The van der Waals surface area contributed by atoms with Gasteiger partial charge in [-0.3, -0.25) is 34.5 Å². The Kier molecular flexibility index (Phi) is 5.39. The molecule has 2 aromatic heterocycles. The molecule has 0 spiro atoms. The van der Waals surface area contributed by atoms with Gasteiger partial charge in [0.25, 0.3) is 17.4 Å². The number of rotatable bonds is 5. The molecule has 3 aromatic rings. The zero-order valence-corrected chi connectivity index (χ0v) is 15.7. The second kappa shape index (κ2) is 7.91. The molecule has 0 bridgehead atoms. The first-order chi connectivity index (χ1) is 13.3. The molecule has 10 heteroatoms. The molecule has 28 heavy (non-hydrogen) atoms. The fraction of sp³-hybridized carbons (Fsp3) is 0.278. The Morgan fingerprint density at radius 1 is 1.18 bits per heavy atom. The lowest BCUT2D eigenvalue weighted by Gasteiger charge is -2.11. The van der Waals surface area contributed by atoms with Crippen LogP contribution in [0.2, 0.25) is 0 Å². The molecule has 0 aliphatic rings. The number of hydrazine groups is 1. The summed E-state index contributed by atoms with van der Waals surface area (Å²) in [7, 11) is 1.67. The Labute approximate surface area is 160 Å². The molecule has 0 saturated heterocycles. The number of fused-ring (bicyclic) bond motifs is 1. The van der Waals surface area contributed by atoms with Crippen LogP contribution in [0.25, 0.3) is 11.0 Å². The van der Waals surface area contributed by atoms with Gasteiger partial charge in [0, 0.05) is 7.05 Å². The van der Waals surface area contributed by atoms with E-state index < -0.39 is 17.4 Å². The minimum absolute atomic E-state index is 0.256. The first kappa shape index (κ1) is 19.1. The number of carbonyl (C=O) groups is 2. The summed E-state index contributed by atoms with van der Waals surface area (Å²) < 4.78 is 8.07. The van der Waals surface area contributed by atoms with E-state index in [4.69, 9.17) is 4.74 Å². The average Bonchev–Trinajstić information content (AvgIpc) is 3.04. The highest BCUT2D eigenvalue weighted by atomic mass is 16.5. The zero-order chi connectivity index (χ0) is 20.3. The van der Waals surface area contributed by atoms with Crippen molar-refractivity contribution in [3.8, 4) is 5.75 Å². The summed E-state index contributed by atoms with van der Waals surface area (Å²) in [6.45, 7) is 3.24. The number of nitrogens with zero attached hydrogens (tertiary/aromatic N) is 4. The Morgan fingerprint density at radius 2 is 1.93 bits per heavy atom. The summed E-state index contributed by atoms with van der Waals surface area (Å²) in [6, 6.07) is 5.67. The lowest BCUT2D eigenvalue weighted by atomic mass is 10.1. The SMILES string of the molecule is Cc1ccc(C)c(OCC(=O)NNC(=O)Cn2cnc3c(cnn3C)c2=O)c1. The maximum atomic E-state index is 12.3. The van der Waals surface area contributed by atoms with E-state index in [2.05, 4.69) is 20.9 Å². The first-order valence-corrected chi connectivity index (χ1v) is 8.50. The predicted octanol–water partition coefficient (Wildman–Crippen LogP) is -0.0268. The van der Waals surface area contributed by atoms with Gasteiger partial charge in [-0.05, 0) is 31.0 Å². The highest BCUT2D eigenvalue weighted by Gasteiger charge is 2.12. The number of hydrogen-bond donors (Lipinski definition) is 2. The molecule has 0 fully saturated rings. The molecule has 146 valence electrons. The average molecular weight is 384 g/mol. The number of hydrogen-bond acceptors (Lipinski definition) is 6. The molecular weight excluding hydrogens is 364 g/mol. The van der Waals surface area contributed by atoms with Crippen molar-refractivity contribution in [1.29, 1.82) is 0 Å². The number of amides is 2. The molecule has 0 aliphatic carbocycles. The van der Waals surface area contributed by atoms with Crippen LogP contribution in [-0.4, -0.2) is 37.8 Å². The highest BCUT2D eigenvalue weighted by molar-refractivity contribution is 5.83. The molecule has 0 radical (unpaired) electrons. The Bertz CT molecular complexity index is 1100. The van der Waals surface area contributed by atoms with Crippen LogP contribution in [0.5, 0.6) is 5.75 Å². The van der Waals surface area contributed by atoms with Gasteiger partial charge < -0.3 is 4.74 Å². The first-order valence-electron chi connectivity index (χ1n) is 8.50. The summed E-state index contributed by atoms with van der Waals surface area (Å²) in [5.41, 5.74) is 6.45. The van der Waals surface area contributed by atoms with E-state index in [0.717, 1.165) is 15.7 Å². The third-order valence-corrected chi connectivity index (χ3v) is 4.08. The Morgan fingerprint density at radius 3 is 2.71 bits per heavy atom. The van der Waals surface area contributed by atoms with Gasteiger partial charge in [-0.2, -0.15) is 5.10 Å². The lowest BCUT2D eigenvalue weighted by Crippen LogP contribution is -2.46. The van der Waals surface area contributed by atoms with Gasteiger partial charge >= 0.3 is 0 Å². The van der Waals surface area contributed by atoms with Crippen LogP contribution in [-0.2, 0) is 23.2 Å². The summed E-state index contributed by atoms with van der Waals surface area (Å²) in [4.78, 5) is 40.3. The maximum absolute atomic E-state index is 12.3. The third-order valence-electron chi connectivity index (χ3n) is 4.08. The number of aromatic nitrogens is 4. The van der Waals surface area contributed by atoms with Gasteiger partial charge in [-0.25, -0.2) is 4.98 Å². The molecule has 0 saturated carbocycles. The fourth-order valence-corrected chi connectivity index (χ4v) is 2.56. The van der Waals surface area contributed by atoms with Gasteiger partial charge in [0.1, 0.15) is 24.0 Å². The molecule has 2 amide bonds. The Hall–Kier alpha value is -3.69. The van der Waals surface area contributed by atoms with E-state index in [1.807, 2.05) is 32.0 Å². The van der Waals surface area contributed by atoms with Crippen LogP contribution < -0.4 is 21.1 Å². The van der Waals surface area contributed by atoms with Crippen LogP contribution in [0.15, 0.2) is 35.5 Å². The topological polar surface area (TPSA) is 120 Å². The number of nitrogens with one attached hydrogen (secondary N) is 2. The van der Waals surface area contributed by atoms with Gasteiger partial charge in [0.05, 0.1) is 6.20 Å². The molecule has 0 unspecified atom stereocenters. The number of ether oxygens (including phenoxy) is 1. The number of benzene rings is 1. The normalized spacial score (nSPS) is 10.7. The van der Waals surface area contributed by atoms with Crippen molar-refractivity contribution < 1.29 is 14.3 Å². The van der Waals surface area contributed by atoms with Crippen LogP contribution >= 0.6 is 0 Å². The van der Waals surface area contributed by atoms with Crippen molar-refractivity contribution in [2.24, 2.45) is 7.05 Å². The van der Waals surface area contributed by atoms with E-state index >= 15 is 0 Å². The third kappa shape index (κ3) is 4.17. The van der Waals surface area contributed by atoms with E-state index in [-0.39, 0.29) is 13.2 Å². The second-order valence-corrected chi connectivity index (χ2v) is 6.34. The minimum Gasteiger partial charge on any atom is -0.483 e. The van der Waals surface area contributed by atoms with E-state index in [9.17, 15) is 14.4 Å². The smallest absolute Gasteiger partial charge is 0.276 e. The predicted molar refractivity (Wildman–Crippen MR) is 100 cm³/mol. The fourth-order valence-electron chi connectivity index (χ4n) is 2.56. The van der Waals surface area contributed by atoms with Gasteiger partial charge in [-0.1, -0.05) is 12.1 Å². The quantitative estimate of drug-likeness (QED) is 0.596. The largest absolute Gasteiger partial charge is 0.483 e. The van der Waals surface area contributed by atoms with Crippen molar-refractivity contribution in [3.05, 3.63) is 52.2 Å². The molecule has 0 aliphatic heterocycles. The van der Waals surface area contributed by atoms with Gasteiger partial charge in [0.15, 0.2) is 12.3 Å². The molecule has 1 aromatic carbocycles. The summed E-state index contributed by atoms with van der Waals surface area (Å²) >= 11 is 0. The van der Waals surface area contributed by atoms with Crippen molar-refractivity contribution in [3.63, 3.8) is 0 Å². The van der Waals surface area contributed by atoms with Crippen LogP contribution in [0.1, 0.15) is 11.1 Å². The number of aryl methyl sites for hydroxylation is 3. The molecule has 2 N–H and O–H groups in total. The minimum atomic E-state index is -0.577. The van der Waals surface area contributed by atoms with Crippen LogP contribution in [0, 0.1) is 13.8 Å². The van der Waals surface area contributed by atoms with Crippen molar-refractivity contribution >= 4 is 22.8 Å². The second-order valence-electron chi connectivity index (χ2n) is 6.34. The van der Waals surface area contributed by atoms with E-state index in [0.29, 0.717) is 16.8 Å². The highest BCUT2D eigenvalue weighted by Crippen LogP contribution is 2.18. The van der Waals surface area contributed by atoms with E-state index in [1.165, 1.54) is 17.2 Å². The van der Waals surface area contributed by atoms with Crippen LogP contribution in [0.3, 0.4) is 0 Å². The summed E-state index contributed by atoms with van der Waals surface area (Å²) in [5.74, 6) is -0.501. The Balaban J connectivity index is 1.53. The molecule has 0 atom stereocenters. The van der Waals surface area contributed by atoms with Crippen LogP contribution in [0.4, 0.5) is 0 Å². The van der Waals surface area contributed by atoms with E-state index in [1.54, 1.807) is 7.05 Å². The maximum Gasteiger partial charge on any atom is 0.276 e. The van der Waals surface area contributed by atoms with Crippen molar-refractivity contribution in [2.75, 3.05) is 6.61 Å². The summed E-state index contributed by atoms with van der Waals surface area (Å²) in [5, 5.41) is 4.27. The lowest BCUT2D eigenvalue weighted by molar-refractivity contribution is -0.130. The zero-order valence-electron chi connectivity index (χ0n) is 15.7.